The highest BCUT2D eigenvalue weighted by Gasteiger charge is 2.38. The van der Waals surface area contributed by atoms with E-state index in [1.807, 2.05) is 4.90 Å². The minimum atomic E-state index is -0.0303. The van der Waals surface area contributed by atoms with Gasteiger partial charge >= 0.3 is 0 Å². The molecule has 1 aromatic carbocycles. The first-order valence-corrected chi connectivity index (χ1v) is 8.22. The van der Waals surface area contributed by atoms with Crippen molar-refractivity contribution in [1.29, 1.82) is 0 Å². The standard InChI is InChI=1S/C18H28N2O/c1-5-7-8-11-20-17(19-16(6-2)18(20)21)15-10-9-13(3)12-14(15)4/h9-10,12,16-17,19H,5-8,11H2,1-4H3. The van der Waals surface area contributed by atoms with Crippen LogP contribution in [-0.2, 0) is 4.79 Å². The molecule has 3 nitrogen and oxygen atoms in total. The Bertz CT molecular complexity index is 498. The van der Waals surface area contributed by atoms with Gasteiger partial charge in [0, 0.05) is 6.54 Å². The molecule has 1 aliphatic heterocycles. The molecule has 116 valence electrons. The van der Waals surface area contributed by atoms with Crippen LogP contribution in [0.3, 0.4) is 0 Å². The second-order valence-corrected chi connectivity index (χ2v) is 6.13. The van der Waals surface area contributed by atoms with Crippen molar-refractivity contribution >= 4 is 5.91 Å². The number of nitrogens with one attached hydrogen (secondary N) is 1. The van der Waals surface area contributed by atoms with Crippen LogP contribution < -0.4 is 5.32 Å². The summed E-state index contributed by atoms with van der Waals surface area (Å²) >= 11 is 0. The van der Waals surface area contributed by atoms with Crippen molar-refractivity contribution < 1.29 is 4.79 Å². The SMILES string of the molecule is CCCCCN1C(=O)C(CC)NC1c1ccc(C)cc1C. The molecule has 0 spiro atoms. The predicted octanol–water partition coefficient (Wildman–Crippen LogP) is 3.70. The number of hydrogen-bond acceptors (Lipinski definition) is 2. The zero-order valence-corrected chi connectivity index (χ0v) is 13.8. The monoisotopic (exact) mass is 288 g/mol. The quantitative estimate of drug-likeness (QED) is 0.809. The van der Waals surface area contributed by atoms with Crippen LogP contribution in [0.2, 0.25) is 0 Å². The maximum absolute atomic E-state index is 12.6. The van der Waals surface area contributed by atoms with Crippen molar-refractivity contribution in [2.24, 2.45) is 0 Å². The summed E-state index contributed by atoms with van der Waals surface area (Å²) in [5.41, 5.74) is 3.77. The molecule has 1 fully saturated rings. The zero-order valence-electron chi connectivity index (χ0n) is 13.8. The van der Waals surface area contributed by atoms with Gasteiger partial charge in [-0.25, -0.2) is 0 Å². The Morgan fingerprint density at radius 1 is 1.19 bits per heavy atom. The third-order valence-corrected chi connectivity index (χ3v) is 4.38. The lowest BCUT2D eigenvalue weighted by atomic mass is 10.0. The summed E-state index contributed by atoms with van der Waals surface area (Å²) in [6.45, 7) is 9.37. The summed E-state index contributed by atoms with van der Waals surface area (Å²) < 4.78 is 0. The fraction of sp³-hybridized carbons (Fsp3) is 0.611. The van der Waals surface area contributed by atoms with E-state index >= 15 is 0 Å². The average Bonchev–Trinajstić information content (AvgIpc) is 2.76. The van der Waals surface area contributed by atoms with Crippen LogP contribution in [0.25, 0.3) is 0 Å². The fourth-order valence-corrected chi connectivity index (χ4v) is 3.13. The normalized spacial score (nSPS) is 22.1. The third-order valence-electron chi connectivity index (χ3n) is 4.38. The largest absolute Gasteiger partial charge is 0.322 e. The van der Waals surface area contributed by atoms with E-state index in [2.05, 4.69) is 51.2 Å². The Hall–Kier alpha value is -1.35. The van der Waals surface area contributed by atoms with Gasteiger partial charge in [0.15, 0.2) is 0 Å². The Morgan fingerprint density at radius 2 is 1.95 bits per heavy atom. The Balaban J connectivity index is 2.23. The minimum Gasteiger partial charge on any atom is -0.322 e. The number of carbonyl (C=O) groups is 1. The van der Waals surface area contributed by atoms with Gasteiger partial charge < -0.3 is 4.90 Å². The van der Waals surface area contributed by atoms with E-state index in [-0.39, 0.29) is 18.1 Å². The van der Waals surface area contributed by atoms with E-state index in [9.17, 15) is 4.79 Å². The van der Waals surface area contributed by atoms with Crippen molar-refractivity contribution in [3.05, 3.63) is 34.9 Å². The summed E-state index contributed by atoms with van der Waals surface area (Å²) in [4.78, 5) is 14.6. The van der Waals surface area contributed by atoms with Gasteiger partial charge in [-0.1, -0.05) is 50.5 Å². The number of benzene rings is 1. The van der Waals surface area contributed by atoms with Crippen LogP contribution in [0.4, 0.5) is 0 Å². The van der Waals surface area contributed by atoms with Crippen molar-refractivity contribution in [3.63, 3.8) is 0 Å². The van der Waals surface area contributed by atoms with E-state index in [0.717, 1.165) is 19.4 Å². The van der Waals surface area contributed by atoms with E-state index in [1.54, 1.807) is 0 Å². The van der Waals surface area contributed by atoms with E-state index < -0.39 is 0 Å². The number of nitrogens with zero attached hydrogens (tertiary/aromatic N) is 1. The molecule has 0 aromatic heterocycles. The molecule has 1 aromatic rings. The Kier molecular flexibility index (Phi) is 5.40. The molecular weight excluding hydrogens is 260 g/mol. The van der Waals surface area contributed by atoms with Crippen LogP contribution in [0.15, 0.2) is 18.2 Å². The maximum atomic E-state index is 12.6. The maximum Gasteiger partial charge on any atom is 0.241 e. The summed E-state index contributed by atoms with van der Waals surface area (Å²) in [6, 6.07) is 6.47. The van der Waals surface area contributed by atoms with Crippen LogP contribution in [0.1, 0.15) is 62.4 Å². The molecule has 1 aliphatic rings. The van der Waals surface area contributed by atoms with Gasteiger partial charge in [-0.05, 0) is 37.8 Å². The van der Waals surface area contributed by atoms with Crippen LogP contribution >= 0.6 is 0 Å². The van der Waals surface area contributed by atoms with Gasteiger partial charge in [0.05, 0.1) is 6.04 Å². The molecule has 1 saturated heterocycles. The van der Waals surface area contributed by atoms with Gasteiger partial charge in [-0.15, -0.1) is 0 Å². The molecule has 1 N–H and O–H groups in total. The predicted molar refractivity (Wildman–Crippen MR) is 87.1 cm³/mol. The van der Waals surface area contributed by atoms with E-state index in [0.29, 0.717) is 0 Å². The van der Waals surface area contributed by atoms with Gasteiger partial charge in [0.1, 0.15) is 6.17 Å². The molecule has 0 bridgehead atoms. The van der Waals surface area contributed by atoms with Gasteiger partial charge in [0.25, 0.3) is 0 Å². The molecule has 1 heterocycles. The third kappa shape index (κ3) is 3.46. The number of aryl methyl sites for hydroxylation is 2. The first-order chi connectivity index (χ1) is 10.1. The highest BCUT2D eigenvalue weighted by Crippen LogP contribution is 2.29. The van der Waals surface area contributed by atoms with Crippen molar-refractivity contribution in [2.75, 3.05) is 6.54 Å². The molecule has 21 heavy (non-hydrogen) atoms. The summed E-state index contributed by atoms with van der Waals surface area (Å²) in [5, 5.41) is 3.52. The highest BCUT2D eigenvalue weighted by molar-refractivity contribution is 5.84. The zero-order chi connectivity index (χ0) is 15.4. The van der Waals surface area contributed by atoms with Gasteiger partial charge in [-0.3, -0.25) is 10.1 Å². The lowest BCUT2D eigenvalue weighted by molar-refractivity contribution is -0.130. The number of rotatable bonds is 6. The molecule has 2 rings (SSSR count). The number of carbonyl (C=O) groups excluding carboxylic acids is 1. The summed E-state index contributed by atoms with van der Waals surface area (Å²) in [7, 11) is 0. The highest BCUT2D eigenvalue weighted by atomic mass is 16.2. The molecule has 0 radical (unpaired) electrons. The molecule has 3 heteroatoms. The summed E-state index contributed by atoms with van der Waals surface area (Å²) in [5.74, 6) is 0.263. The summed E-state index contributed by atoms with van der Waals surface area (Å²) in [6.07, 6.45) is 4.34. The van der Waals surface area contributed by atoms with Crippen molar-refractivity contribution in [1.82, 2.24) is 10.2 Å². The minimum absolute atomic E-state index is 0.0303. The second-order valence-electron chi connectivity index (χ2n) is 6.13. The smallest absolute Gasteiger partial charge is 0.241 e. The first kappa shape index (κ1) is 16.0. The second kappa shape index (κ2) is 7.08. The fourth-order valence-electron chi connectivity index (χ4n) is 3.13. The van der Waals surface area contributed by atoms with Crippen molar-refractivity contribution in [2.45, 2.75) is 65.6 Å². The molecule has 2 atom stereocenters. The Labute approximate surface area is 128 Å². The molecule has 1 amide bonds. The average molecular weight is 288 g/mol. The van der Waals surface area contributed by atoms with E-state index in [4.69, 9.17) is 0 Å². The first-order valence-electron chi connectivity index (χ1n) is 8.22. The number of unbranched alkanes of at least 4 members (excludes halogenated alkanes) is 2. The van der Waals surface area contributed by atoms with Crippen molar-refractivity contribution in [3.8, 4) is 0 Å². The van der Waals surface area contributed by atoms with Gasteiger partial charge in [-0.2, -0.15) is 0 Å². The van der Waals surface area contributed by atoms with Crippen LogP contribution in [-0.4, -0.2) is 23.4 Å². The molecular formula is C18H28N2O. The lowest BCUT2D eigenvalue weighted by Crippen LogP contribution is -2.32. The number of hydrogen-bond donors (Lipinski definition) is 1. The molecule has 0 saturated carbocycles. The topological polar surface area (TPSA) is 32.3 Å². The van der Waals surface area contributed by atoms with Gasteiger partial charge in [0.2, 0.25) is 5.91 Å². The van der Waals surface area contributed by atoms with Crippen LogP contribution in [0, 0.1) is 13.8 Å². The number of amides is 1. The van der Waals surface area contributed by atoms with E-state index in [1.165, 1.54) is 29.5 Å². The molecule has 2 unspecified atom stereocenters. The molecule has 0 aliphatic carbocycles. The lowest BCUT2D eigenvalue weighted by Gasteiger charge is -2.26. The Morgan fingerprint density at radius 3 is 2.57 bits per heavy atom. The van der Waals surface area contributed by atoms with Crippen LogP contribution in [0.5, 0.6) is 0 Å².